The summed E-state index contributed by atoms with van der Waals surface area (Å²) in [5, 5.41) is 11.5. The molecule has 1 rings (SSSR count). The molecular weight excluding hydrogens is 249 g/mol. The molecule has 0 amide bonds. The lowest BCUT2D eigenvalue weighted by Gasteiger charge is -2.09. The van der Waals surface area contributed by atoms with Crippen molar-refractivity contribution in [3.8, 4) is 0 Å². The molecule has 2 N–H and O–H groups in total. The quantitative estimate of drug-likeness (QED) is 0.801. The Balaban J connectivity index is 2.55. The van der Waals surface area contributed by atoms with E-state index in [1.807, 2.05) is 0 Å². The van der Waals surface area contributed by atoms with E-state index >= 15 is 0 Å². The lowest BCUT2D eigenvalue weighted by molar-refractivity contribution is -0.134. The van der Waals surface area contributed by atoms with E-state index in [0.717, 1.165) is 0 Å². The highest BCUT2D eigenvalue weighted by atomic mass is 19.4. The van der Waals surface area contributed by atoms with E-state index in [-0.39, 0.29) is 24.3 Å². The molecule has 0 fully saturated rings. The second-order valence-corrected chi connectivity index (χ2v) is 3.83. The molecule has 0 atom stereocenters. The normalized spacial score (nSPS) is 11.3. The number of aryl methyl sites for hydroxylation is 1. The van der Waals surface area contributed by atoms with Crippen molar-refractivity contribution >= 4 is 11.8 Å². The highest BCUT2D eigenvalue weighted by Crippen LogP contribution is 2.21. The number of anilines is 1. The van der Waals surface area contributed by atoms with Gasteiger partial charge in [0.2, 0.25) is 0 Å². The first-order valence-corrected chi connectivity index (χ1v) is 5.30. The van der Waals surface area contributed by atoms with Gasteiger partial charge in [0, 0.05) is 18.7 Å². The van der Waals surface area contributed by atoms with E-state index in [1.165, 1.54) is 12.1 Å². The average Bonchev–Trinajstić information content (AvgIpc) is 2.22. The maximum atomic E-state index is 11.9. The number of aromatic carboxylic acids is 1. The Labute approximate surface area is 102 Å². The largest absolute Gasteiger partial charge is 0.478 e. The highest BCUT2D eigenvalue weighted by Gasteiger charge is 2.25. The van der Waals surface area contributed by atoms with Crippen molar-refractivity contribution in [2.75, 3.05) is 11.9 Å². The van der Waals surface area contributed by atoms with Crippen molar-refractivity contribution in [1.82, 2.24) is 4.98 Å². The average molecular weight is 262 g/mol. The number of nitrogens with zero attached hydrogens (tertiary/aromatic N) is 1. The first-order chi connectivity index (χ1) is 8.28. The third kappa shape index (κ3) is 5.03. The number of pyridine rings is 1. The van der Waals surface area contributed by atoms with Gasteiger partial charge in [0.1, 0.15) is 5.82 Å². The van der Waals surface area contributed by atoms with E-state index in [4.69, 9.17) is 5.11 Å². The fourth-order valence-corrected chi connectivity index (χ4v) is 1.39. The minimum Gasteiger partial charge on any atom is -0.478 e. The zero-order valence-electron chi connectivity index (χ0n) is 9.71. The molecule has 0 aliphatic carbocycles. The van der Waals surface area contributed by atoms with Crippen LogP contribution in [0.4, 0.5) is 19.0 Å². The number of halogens is 3. The van der Waals surface area contributed by atoms with Gasteiger partial charge in [-0.2, -0.15) is 13.2 Å². The molecule has 0 aliphatic heterocycles. The number of carboxylic acid groups (broad SMARTS) is 1. The number of aromatic nitrogens is 1. The molecule has 4 nitrogen and oxygen atoms in total. The van der Waals surface area contributed by atoms with Crippen molar-refractivity contribution in [3.63, 3.8) is 0 Å². The Morgan fingerprint density at radius 1 is 1.44 bits per heavy atom. The molecule has 0 saturated heterocycles. The van der Waals surface area contributed by atoms with Crippen LogP contribution in [0.25, 0.3) is 0 Å². The van der Waals surface area contributed by atoms with Crippen LogP contribution in [0, 0.1) is 6.92 Å². The molecule has 1 aromatic rings. The number of hydrogen-bond donors (Lipinski definition) is 2. The fourth-order valence-electron chi connectivity index (χ4n) is 1.39. The molecule has 1 aromatic heterocycles. The van der Waals surface area contributed by atoms with Crippen LogP contribution >= 0.6 is 0 Å². The van der Waals surface area contributed by atoms with Gasteiger partial charge in [0.05, 0.1) is 5.56 Å². The summed E-state index contributed by atoms with van der Waals surface area (Å²) in [6.07, 6.45) is -5.13. The van der Waals surface area contributed by atoms with Crippen LogP contribution in [-0.4, -0.2) is 28.8 Å². The molecule has 7 heteroatoms. The van der Waals surface area contributed by atoms with Crippen molar-refractivity contribution in [2.24, 2.45) is 0 Å². The zero-order valence-corrected chi connectivity index (χ0v) is 9.71. The number of alkyl halides is 3. The minimum absolute atomic E-state index is 0.0563. The Kier molecular flexibility index (Phi) is 4.52. The summed E-state index contributed by atoms with van der Waals surface area (Å²) in [5.41, 5.74) is 0.550. The summed E-state index contributed by atoms with van der Waals surface area (Å²) in [4.78, 5) is 14.8. The van der Waals surface area contributed by atoms with Gasteiger partial charge in [0.25, 0.3) is 0 Å². The summed E-state index contributed by atoms with van der Waals surface area (Å²) in [6, 6.07) is 2.69. The highest BCUT2D eigenvalue weighted by molar-refractivity contribution is 5.88. The van der Waals surface area contributed by atoms with Gasteiger partial charge in [-0.05, 0) is 25.5 Å². The lowest BCUT2D eigenvalue weighted by Crippen LogP contribution is -2.12. The molecular formula is C11H13F3N2O2. The monoisotopic (exact) mass is 262 g/mol. The molecule has 1 heterocycles. The van der Waals surface area contributed by atoms with Crippen LogP contribution in [0.5, 0.6) is 0 Å². The third-order valence-electron chi connectivity index (χ3n) is 2.14. The van der Waals surface area contributed by atoms with Crippen LogP contribution in [-0.2, 0) is 0 Å². The van der Waals surface area contributed by atoms with Crippen LogP contribution in [0.1, 0.15) is 28.9 Å². The Morgan fingerprint density at radius 3 is 2.67 bits per heavy atom. The molecule has 0 spiro atoms. The number of carbonyl (C=O) groups is 1. The number of nitrogens with one attached hydrogen (secondary N) is 1. The van der Waals surface area contributed by atoms with Crippen molar-refractivity contribution < 1.29 is 23.1 Å². The van der Waals surface area contributed by atoms with E-state index in [0.29, 0.717) is 5.69 Å². The number of rotatable bonds is 5. The molecule has 18 heavy (non-hydrogen) atoms. The molecule has 0 saturated carbocycles. The summed E-state index contributed by atoms with van der Waals surface area (Å²) in [6.45, 7) is 1.71. The van der Waals surface area contributed by atoms with Crippen LogP contribution in [0.2, 0.25) is 0 Å². The molecule has 100 valence electrons. The summed E-state index contributed by atoms with van der Waals surface area (Å²) in [5.74, 6) is -0.826. The second kappa shape index (κ2) is 5.70. The summed E-state index contributed by atoms with van der Waals surface area (Å²) < 4.78 is 35.7. The van der Waals surface area contributed by atoms with Crippen LogP contribution in [0.15, 0.2) is 12.1 Å². The van der Waals surface area contributed by atoms with E-state index in [2.05, 4.69) is 10.3 Å². The first-order valence-electron chi connectivity index (χ1n) is 5.30. The zero-order chi connectivity index (χ0) is 13.8. The fraction of sp³-hybridized carbons (Fsp3) is 0.455. The van der Waals surface area contributed by atoms with Crippen LogP contribution in [0.3, 0.4) is 0 Å². The maximum Gasteiger partial charge on any atom is 0.389 e. The third-order valence-corrected chi connectivity index (χ3v) is 2.14. The Bertz CT molecular complexity index is 433. The lowest BCUT2D eigenvalue weighted by atomic mass is 10.2. The molecule has 0 aromatic carbocycles. The predicted molar refractivity (Wildman–Crippen MR) is 59.7 cm³/mol. The van der Waals surface area contributed by atoms with Gasteiger partial charge < -0.3 is 10.4 Å². The SMILES string of the molecule is Cc1cc(C(=O)O)cc(NCCCC(F)(F)F)n1. The molecule has 0 aliphatic rings. The standard InChI is InChI=1S/C11H13F3N2O2/c1-7-5-8(10(17)18)6-9(16-7)15-4-2-3-11(12,13)14/h5-6H,2-4H2,1H3,(H,15,16)(H,17,18). The smallest absolute Gasteiger partial charge is 0.389 e. The van der Waals surface area contributed by atoms with Gasteiger partial charge in [-0.15, -0.1) is 0 Å². The van der Waals surface area contributed by atoms with Crippen molar-refractivity contribution in [1.29, 1.82) is 0 Å². The molecule has 0 radical (unpaired) electrons. The second-order valence-electron chi connectivity index (χ2n) is 3.83. The first kappa shape index (κ1) is 14.3. The van der Waals surface area contributed by atoms with Gasteiger partial charge in [-0.25, -0.2) is 9.78 Å². The maximum absolute atomic E-state index is 11.9. The number of carboxylic acids is 1. The predicted octanol–water partition coefficient (Wildman–Crippen LogP) is 2.84. The molecule has 0 bridgehead atoms. The van der Waals surface area contributed by atoms with Crippen molar-refractivity contribution in [3.05, 3.63) is 23.4 Å². The van der Waals surface area contributed by atoms with Gasteiger partial charge >= 0.3 is 12.1 Å². The van der Waals surface area contributed by atoms with Gasteiger partial charge in [-0.3, -0.25) is 0 Å². The number of hydrogen-bond acceptors (Lipinski definition) is 3. The summed E-state index contributed by atoms with van der Waals surface area (Å²) in [7, 11) is 0. The van der Waals surface area contributed by atoms with Gasteiger partial charge in [-0.1, -0.05) is 0 Å². The van der Waals surface area contributed by atoms with Gasteiger partial charge in [0.15, 0.2) is 0 Å². The van der Waals surface area contributed by atoms with E-state index in [9.17, 15) is 18.0 Å². The van der Waals surface area contributed by atoms with E-state index < -0.39 is 18.6 Å². The minimum atomic E-state index is -4.17. The topological polar surface area (TPSA) is 62.2 Å². The van der Waals surface area contributed by atoms with E-state index in [1.54, 1.807) is 6.92 Å². The molecule has 0 unspecified atom stereocenters. The Hall–Kier alpha value is -1.79. The van der Waals surface area contributed by atoms with Crippen molar-refractivity contribution in [2.45, 2.75) is 25.9 Å². The summed E-state index contributed by atoms with van der Waals surface area (Å²) >= 11 is 0. The Morgan fingerprint density at radius 2 is 2.11 bits per heavy atom. The van der Waals surface area contributed by atoms with Crippen LogP contribution < -0.4 is 5.32 Å².